The molecule has 3 nitrogen and oxygen atoms in total. The average Bonchev–Trinajstić information content (AvgIpc) is 2.66. The fourth-order valence-electron chi connectivity index (χ4n) is 2.04. The molecule has 0 spiro atoms. The topological polar surface area (TPSA) is 34.4 Å². The molecule has 0 aliphatic heterocycles. The van der Waals surface area contributed by atoms with Crippen LogP contribution in [-0.4, -0.2) is 16.3 Å². The highest BCUT2D eigenvalue weighted by Crippen LogP contribution is 2.17. The summed E-state index contributed by atoms with van der Waals surface area (Å²) in [5.41, 5.74) is 2.56. The normalized spacial score (nSPS) is 10.6. The second-order valence-corrected chi connectivity index (χ2v) is 4.47. The van der Waals surface area contributed by atoms with Gasteiger partial charge in [-0.25, -0.2) is 0 Å². The van der Waals surface area contributed by atoms with Crippen LogP contribution < -0.4 is 4.74 Å². The molecule has 3 heteroatoms. The molecule has 0 amide bonds. The summed E-state index contributed by atoms with van der Waals surface area (Å²) in [4.78, 5) is 0. The number of nitrogens with zero attached hydrogens (tertiary/aromatic N) is 1. The zero-order valence-electron chi connectivity index (χ0n) is 10.9. The fourth-order valence-corrected chi connectivity index (χ4v) is 2.04. The lowest BCUT2D eigenvalue weighted by Crippen LogP contribution is -2.06. The molecule has 0 unspecified atom stereocenters. The van der Waals surface area contributed by atoms with Gasteiger partial charge in [-0.1, -0.05) is 6.07 Å². The first-order chi connectivity index (χ1) is 8.66. The third-order valence-corrected chi connectivity index (χ3v) is 3.03. The number of benzene rings is 1. The molecule has 2 rings (SSSR count). The van der Waals surface area contributed by atoms with E-state index in [1.54, 1.807) is 18.2 Å². The van der Waals surface area contributed by atoms with Crippen molar-refractivity contribution in [3.05, 3.63) is 47.8 Å². The molecule has 0 saturated heterocycles. The van der Waals surface area contributed by atoms with Crippen LogP contribution in [0.3, 0.4) is 0 Å². The predicted molar refractivity (Wildman–Crippen MR) is 72.1 cm³/mol. The maximum absolute atomic E-state index is 9.31. The van der Waals surface area contributed by atoms with Gasteiger partial charge in [-0.2, -0.15) is 0 Å². The van der Waals surface area contributed by atoms with Crippen molar-refractivity contribution >= 4 is 0 Å². The summed E-state index contributed by atoms with van der Waals surface area (Å²) >= 11 is 0. The first kappa shape index (κ1) is 12.6. The molecule has 1 aromatic heterocycles. The molecular formula is C15H19NO2. The highest BCUT2D eigenvalue weighted by molar-refractivity contribution is 5.31. The van der Waals surface area contributed by atoms with E-state index in [2.05, 4.69) is 30.5 Å². The summed E-state index contributed by atoms with van der Waals surface area (Å²) in [7, 11) is 0. The Balaban J connectivity index is 1.80. The maximum Gasteiger partial charge on any atom is 0.122 e. The lowest BCUT2D eigenvalue weighted by Gasteiger charge is -2.10. The number of aryl methyl sites for hydroxylation is 2. The molecule has 0 fully saturated rings. The molecular weight excluding hydrogens is 226 g/mol. The van der Waals surface area contributed by atoms with E-state index >= 15 is 0 Å². The highest BCUT2D eigenvalue weighted by Gasteiger charge is 2.01. The minimum atomic E-state index is 0.240. The Morgan fingerprint density at radius 3 is 2.50 bits per heavy atom. The Hall–Kier alpha value is -1.90. The number of hydrogen-bond donors (Lipinski definition) is 1. The third kappa shape index (κ3) is 3.06. The molecule has 18 heavy (non-hydrogen) atoms. The number of phenols is 1. The Bertz CT molecular complexity index is 497. The van der Waals surface area contributed by atoms with Crippen molar-refractivity contribution in [3.8, 4) is 11.5 Å². The predicted octanol–water partition coefficient (Wildman–Crippen LogP) is 3.28. The first-order valence-electron chi connectivity index (χ1n) is 6.21. The van der Waals surface area contributed by atoms with Gasteiger partial charge in [0.15, 0.2) is 0 Å². The molecule has 1 heterocycles. The summed E-state index contributed by atoms with van der Waals surface area (Å²) in [5, 5.41) is 9.31. The van der Waals surface area contributed by atoms with Crippen LogP contribution in [0.15, 0.2) is 36.4 Å². The minimum absolute atomic E-state index is 0.240. The van der Waals surface area contributed by atoms with Crippen LogP contribution in [0, 0.1) is 13.8 Å². The lowest BCUT2D eigenvalue weighted by molar-refractivity contribution is 0.299. The van der Waals surface area contributed by atoms with Crippen LogP contribution in [0.25, 0.3) is 0 Å². The molecule has 1 N–H and O–H groups in total. The van der Waals surface area contributed by atoms with E-state index in [1.807, 2.05) is 6.07 Å². The van der Waals surface area contributed by atoms with Crippen LogP contribution in [0.2, 0.25) is 0 Å². The van der Waals surface area contributed by atoms with E-state index in [1.165, 1.54) is 11.4 Å². The summed E-state index contributed by atoms with van der Waals surface area (Å²) in [6.45, 7) is 5.84. The summed E-state index contributed by atoms with van der Waals surface area (Å²) in [6, 6.07) is 11.2. The minimum Gasteiger partial charge on any atom is -0.508 e. The molecule has 96 valence electrons. The zero-order chi connectivity index (χ0) is 13.0. The third-order valence-electron chi connectivity index (χ3n) is 3.03. The number of aromatic nitrogens is 1. The zero-order valence-corrected chi connectivity index (χ0v) is 10.9. The number of hydrogen-bond acceptors (Lipinski definition) is 2. The van der Waals surface area contributed by atoms with Gasteiger partial charge in [0.1, 0.15) is 11.5 Å². The Morgan fingerprint density at radius 1 is 1.11 bits per heavy atom. The summed E-state index contributed by atoms with van der Waals surface area (Å²) in [5.74, 6) is 0.959. The van der Waals surface area contributed by atoms with Crippen molar-refractivity contribution in [2.75, 3.05) is 6.61 Å². The Kier molecular flexibility index (Phi) is 3.92. The number of ether oxygens (including phenoxy) is 1. The van der Waals surface area contributed by atoms with E-state index in [0.717, 1.165) is 18.7 Å². The Labute approximate surface area is 108 Å². The monoisotopic (exact) mass is 245 g/mol. The molecule has 0 aliphatic carbocycles. The lowest BCUT2D eigenvalue weighted by atomic mass is 10.3. The molecule has 0 saturated carbocycles. The molecule has 2 aromatic rings. The van der Waals surface area contributed by atoms with Crippen molar-refractivity contribution in [2.45, 2.75) is 26.8 Å². The molecule has 0 bridgehead atoms. The van der Waals surface area contributed by atoms with Gasteiger partial charge in [-0.15, -0.1) is 0 Å². The van der Waals surface area contributed by atoms with Crippen LogP contribution in [0.4, 0.5) is 0 Å². The van der Waals surface area contributed by atoms with E-state index in [0.29, 0.717) is 6.61 Å². The van der Waals surface area contributed by atoms with E-state index in [9.17, 15) is 5.11 Å². The number of aromatic hydroxyl groups is 1. The SMILES string of the molecule is Cc1ccc(C)n1CCCOc1cccc(O)c1. The van der Waals surface area contributed by atoms with Gasteiger partial charge in [0.25, 0.3) is 0 Å². The number of phenolic OH excluding ortho intramolecular Hbond substituents is 1. The van der Waals surface area contributed by atoms with E-state index < -0.39 is 0 Å². The Morgan fingerprint density at radius 2 is 1.83 bits per heavy atom. The van der Waals surface area contributed by atoms with Gasteiger partial charge in [-0.05, 0) is 44.5 Å². The summed E-state index contributed by atoms with van der Waals surface area (Å²) in [6.07, 6.45) is 0.950. The standard InChI is InChI=1S/C15H19NO2/c1-12-7-8-13(2)16(12)9-4-10-18-15-6-3-5-14(17)11-15/h3,5-8,11,17H,4,9-10H2,1-2H3. The van der Waals surface area contributed by atoms with Crippen molar-refractivity contribution in [2.24, 2.45) is 0 Å². The summed E-state index contributed by atoms with van der Waals surface area (Å²) < 4.78 is 7.88. The quantitative estimate of drug-likeness (QED) is 0.820. The second kappa shape index (κ2) is 5.63. The fraction of sp³-hybridized carbons (Fsp3) is 0.333. The van der Waals surface area contributed by atoms with Gasteiger partial charge in [0.05, 0.1) is 6.61 Å². The van der Waals surface area contributed by atoms with Crippen molar-refractivity contribution in [1.82, 2.24) is 4.57 Å². The van der Waals surface area contributed by atoms with Gasteiger partial charge in [-0.3, -0.25) is 0 Å². The molecule has 0 atom stereocenters. The average molecular weight is 245 g/mol. The molecule has 0 radical (unpaired) electrons. The molecule has 1 aromatic carbocycles. The van der Waals surface area contributed by atoms with Crippen molar-refractivity contribution in [1.29, 1.82) is 0 Å². The largest absolute Gasteiger partial charge is 0.508 e. The molecule has 0 aliphatic rings. The van der Waals surface area contributed by atoms with Crippen LogP contribution >= 0.6 is 0 Å². The smallest absolute Gasteiger partial charge is 0.122 e. The van der Waals surface area contributed by atoms with E-state index in [-0.39, 0.29) is 5.75 Å². The van der Waals surface area contributed by atoms with Crippen molar-refractivity contribution < 1.29 is 9.84 Å². The second-order valence-electron chi connectivity index (χ2n) is 4.47. The first-order valence-corrected chi connectivity index (χ1v) is 6.21. The van der Waals surface area contributed by atoms with Gasteiger partial charge in [0.2, 0.25) is 0 Å². The highest BCUT2D eigenvalue weighted by atomic mass is 16.5. The van der Waals surface area contributed by atoms with Crippen LogP contribution in [-0.2, 0) is 6.54 Å². The van der Waals surface area contributed by atoms with Gasteiger partial charge >= 0.3 is 0 Å². The van der Waals surface area contributed by atoms with Gasteiger partial charge < -0.3 is 14.4 Å². The maximum atomic E-state index is 9.31. The van der Waals surface area contributed by atoms with Crippen LogP contribution in [0.1, 0.15) is 17.8 Å². The number of rotatable bonds is 5. The van der Waals surface area contributed by atoms with E-state index in [4.69, 9.17) is 4.74 Å². The van der Waals surface area contributed by atoms with Crippen LogP contribution in [0.5, 0.6) is 11.5 Å². The van der Waals surface area contributed by atoms with Crippen molar-refractivity contribution in [3.63, 3.8) is 0 Å². The van der Waals surface area contributed by atoms with Gasteiger partial charge in [0, 0.05) is 24.0 Å².